The van der Waals surface area contributed by atoms with Gasteiger partial charge in [0.25, 0.3) is 5.91 Å². The minimum Gasteiger partial charge on any atom is -0.355 e. The summed E-state index contributed by atoms with van der Waals surface area (Å²) in [5.74, 6) is 0.510. The van der Waals surface area contributed by atoms with Crippen molar-refractivity contribution in [2.75, 3.05) is 7.05 Å². The van der Waals surface area contributed by atoms with Gasteiger partial charge in [0.1, 0.15) is 0 Å². The highest BCUT2D eigenvalue weighted by atomic mass is 16.1. The molecule has 1 aromatic heterocycles. The molecular weight excluding hydrogens is 248 g/mol. The topological polar surface area (TPSA) is 42.0 Å². The predicted octanol–water partition coefficient (Wildman–Crippen LogP) is 3.82. The highest BCUT2D eigenvalue weighted by molar-refractivity contribution is 6.06. The Hall–Kier alpha value is -1.90. The van der Waals surface area contributed by atoms with E-state index in [9.17, 15) is 4.79 Å². The molecule has 0 bridgehead atoms. The van der Waals surface area contributed by atoms with Crippen LogP contribution in [0.1, 0.15) is 43.7 Å². The number of rotatable bonds is 3. The zero-order valence-electron chi connectivity index (χ0n) is 13.0. The van der Waals surface area contributed by atoms with Crippen molar-refractivity contribution in [3.63, 3.8) is 0 Å². The van der Waals surface area contributed by atoms with E-state index in [1.807, 2.05) is 44.2 Å². The maximum Gasteiger partial charge on any atom is 0.251 e. The summed E-state index contributed by atoms with van der Waals surface area (Å²) in [6.07, 6.45) is 0.958. The molecule has 0 aliphatic carbocycles. The van der Waals surface area contributed by atoms with Crippen LogP contribution in [0.2, 0.25) is 0 Å². The average molecular weight is 272 g/mol. The summed E-state index contributed by atoms with van der Waals surface area (Å²) in [5.41, 5.74) is 2.64. The van der Waals surface area contributed by atoms with Crippen molar-refractivity contribution in [2.24, 2.45) is 5.92 Å². The molecule has 2 aromatic rings. The Bertz CT molecular complexity index is 576. The van der Waals surface area contributed by atoms with E-state index >= 15 is 0 Å². The molecule has 108 valence electrons. The van der Waals surface area contributed by atoms with Crippen molar-refractivity contribution in [3.8, 4) is 0 Å². The van der Waals surface area contributed by atoms with Gasteiger partial charge < -0.3 is 5.32 Å². The van der Waals surface area contributed by atoms with Gasteiger partial charge in [0.05, 0.1) is 5.52 Å². The Labute approximate surface area is 121 Å². The molecule has 2 rings (SSSR count). The van der Waals surface area contributed by atoms with Crippen molar-refractivity contribution < 1.29 is 4.79 Å². The summed E-state index contributed by atoms with van der Waals surface area (Å²) in [4.78, 5) is 16.4. The lowest BCUT2D eigenvalue weighted by atomic mass is 10.0. The van der Waals surface area contributed by atoms with E-state index < -0.39 is 0 Å². The Balaban J connectivity index is 0.000000956. The lowest BCUT2D eigenvalue weighted by Crippen LogP contribution is -2.18. The number of amides is 1. The third-order valence-electron chi connectivity index (χ3n) is 2.88. The van der Waals surface area contributed by atoms with Crippen molar-refractivity contribution >= 4 is 16.8 Å². The fourth-order valence-electron chi connectivity index (χ4n) is 2.06. The number of nitrogens with zero attached hydrogens (tertiary/aromatic N) is 1. The number of nitrogens with one attached hydrogen (secondary N) is 1. The fourth-order valence-corrected chi connectivity index (χ4v) is 2.06. The van der Waals surface area contributed by atoms with Gasteiger partial charge in [-0.2, -0.15) is 0 Å². The largest absolute Gasteiger partial charge is 0.355 e. The minimum absolute atomic E-state index is 0.0704. The molecule has 1 N–H and O–H groups in total. The number of hydrogen-bond donors (Lipinski definition) is 1. The number of carbonyl (C=O) groups is 1. The highest BCUT2D eigenvalue weighted by Gasteiger charge is 2.09. The Kier molecular flexibility index (Phi) is 6.16. The Morgan fingerprint density at radius 2 is 1.90 bits per heavy atom. The molecule has 0 aliphatic rings. The molecule has 0 unspecified atom stereocenters. The standard InChI is InChI=1S/C15H18N2O.C2H6/c1-10(2)9-11-7-8-12-13(15(18)16-3)5-4-6-14(12)17-11;1-2/h4-8,10H,9H2,1-3H3,(H,16,18);1-2H3. The maximum atomic E-state index is 11.8. The molecule has 0 fully saturated rings. The van der Waals surface area contributed by atoms with Gasteiger partial charge in [-0.1, -0.05) is 39.8 Å². The number of fused-ring (bicyclic) bond motifs is 1. The average Bonchev–Trinajstić information content (AvgIpc) is 2.47. The smallest absolute Gasteiger partial charge is 0.251 e. The van der Waals surface area contributed by atoms with E-state index in [4.69, 9.17) is 0 Å². The van der Waals surface area contributed by atoms with Gasteiger partial charge >= 0.3 is 0 Å². The fraction of sp³-hybridized carbons (Fsp3) is 0.412. The molecule has 0 saturated carbocycles. The highest BCUT2D eigenvalue weighted by Crippen LogP contribution is 2.18. The van der Waals surface area contributed by atoms with Gasteiger partial charge in [-0.15, -0.1) is 0 Å². The quantitative estimate of drug-likeness (QED) is 0.923. The molecular formula is C17H24N2O. The maximum absolute atomic E-state index is 11.8. The summed E-state index contributed by atoms with van der Waals surface area (Å²) in [5, 5.41) is 3.56. The van der Waals surface area contributed by atoms with Crippen LogP contribution in [0.5, 0.6) is 0 Å². The molecule has 3 nitrogen and oxygen atoms in total. The van der Waals surface area contributed by atoms with E-state index in [0.29, 0.717) is 11.5 Å². The van der Waals surface area contributed by atoms with Gasteiger partial charge in [0, 0.05) is 23.7 Å². The van der Waals surface area contributed by atoms with Crippen LogP contribution in [-0.2, 0) is 6.42 Å². The van der Waals surface area contributed by atoms with Crippen LogP contribution < -0.4 is 5.32 Å². The Morgan fingerprint density at radius 1 is 1.20 bits per heavy atom. The summed E-state index contributed by atoms with van der Waals surface area (Å²) in [6, 6.07) is 9.65. The van der Waals surface area contributed by atoms with Crippen molar-refractivity contribution in [1.82, 2.24) is 10.3 Å². The summed E-state index contributed by atoms with van der Waals surface area (Å²) in [6.45, 7) is 8.35. The molecule has 0 radical (unpaired) electrons. The number of aromatic nitrogens is 1. The van der Waals surface area contributed by atoms with Crippen LogP contribution in [0, 0.1) is 5.92 Å². The molecule has 0 aliphatic heterocycles. The summed E-state index contributed by atoms with van der Waals surface area (Å²) >= 11 is 0. The molecule has 1 aromatic carbocycles. The molecule has 1 amide bonds. The van der Waals surface area contributed by atoms with Crippen molar-refractivity contribution in [2.45, 2.75) is 34.1 Å². The predicted molar refractivity (Wildman–Crippen MR) is 85.0 cm³/mol. The third-order valence-corrected chi connectivity index (χ3v) is 2.88. The van der Waals surface area contributed by atoms with E-state index in [1.165, 1.54) is 0 Å². The summed E-state index contributed by atoms with van der Waals surface area (Å²) < 4.78 is 0. The van der Waals surface area contributed by atoms with E-state index in [1.54, 1.807) is 7.05 Å². The minimum atomic E-state index is -0.0704. The first-order valence-corrected chi connectivity index (χ1v) is 7.22. The Morgan fingerprint density at radius 3 is 2.50 bits per heavy atom. The SMILES string of the molecule is CC.CNC(=O)c1cccc2nc(CC(C)C)ccc12. The van der Waals surface area contributed by atoms with Gasteiger partial charge in [-0.25, -0.2) is 0 Å². The van der Waals surface area contributed by atoms with E-state index in [-0.39, 0.29) is 5.91 Å². The van der Waals surface area contributed by atoms with Crippen LogP contribution in [0.25, 0.3) is 10.9 Å². The second-order valence-electron chi connectivity index (χ2n) is 4.85. The third kappa shape index (κ3) is 3.80. The van der Waals surface area contributed by atoms with Crippen molar-refractivity contribution in [1.29, 1.82) is 0 Å². The molecule has 0 saturated heterocycles. The first-order chi connectivity index (χ1) is 9.61. The van der Waals surface area contributed by atoms with Gasteiger partial charge in [0.2, 0.25) is 0 Å². The number of carbonyl (C=O) groups excluding carboxylic acids is 1. The molecule has 20 heavy (non-hydrogen) atoms. The second kappa shape index (κ2) is 7.63. The van der Waals surface area contributed by atoms with Crippen LogP contribution >= 0.6 is 0 Å². The molecule has 3 heteroatoms. The molecule has 1 heterocycles. The number of pyridine rings is 1. The molecule has 0 spiro atoms. The first-order valence-electron chi connectivity index (χ1n) is 7.22. The van der Waals surface area contributed by atoms with Gasteiger partial charge in [-0.3, -0.25) is 9.78 Å². The van der Waals surface area contributed by atoms with Crippen LogP contribution in [0.15, 0.2) is 30.3 Å². The van der Waals surface area contributed by atoms with E-state index in [2.05, 4.69) is 24.1 Å². The lowest BCUT2D eigenvalue weighted by Gasteiger charge is -2.08. The van der Waals surface area contributed by atoms with Crippen LogP contribution in [0.4, 0.5) is 0 Å². The summed E-state index contributed by atoms with van der Waals surface area (Å²) in [7, 11) is 1.64. The zero-order valence-corrected chi connectivity index (χ0v) is 13.0. The zero-order chi connectivity index (χ0) is 15.1. The van der Waals surface area contributed by atoms with Crippen LogP contribution in [0.3, 0.4) is 0 Å². The van der Waals surface area contributed by atoms with Crippen molar-refractivity contribution in [3.05, 3.63) is 41.6 Å². The second-order valence-corrected chi connectivity index (χ2v) is 4.85. The van der Waals surface area contributed by atoms with Crippen LogP contribution in [-0.4, -0.2) is 17.9 Å². The monoisotopic (exact) mass is 272 g/mol. The number of benzene rings is 1. The number of hydrogen-bond acceptors (Lipinski definition) is 2. The lowest BCUT2D eigenvalue weighted by molar-refractivity contribution is 0.0964. The van der Waals surface area contributed by atoms with E-state index in [0.717, 1.165) is 23.0 Å². The first kappa shape index (κ1) is 16.2. The molecule has 0 atom stereocenters. The normalized spacial score (nSPS) is 10.1. The van der Waals surface area contributed by atoms with Gasteiger partial charge in [-0.05, 0) is 30.5 Å². The van der Waals surface area contributed by atoms with Gasteiger partial charge in [0.15, 0.2) is 0 Å².